The quantitative estimate of drug-likeness (QED) is 0.752. The fourth-order valence-corrected chi connectivity index (χ4v) is 1.99. The summed E-state index contributed by atoms with van der Waals surface area (Å²) >= 11 is 0. The molecule has 1 unspecified atom stereocenters. The Hall–Kier alpha value is -2.03. The predicted molar refractivity (Wildman–Crippen MR) is 66.6 cm³/mol. The van der Waals surface area contributed by atoms with Crippen molar-refractivity contribution in [1.29, 1.82) is 0 Å². The molecule has 1 aliphatic rings. The Kier molecular flexibility index (Phi) is 2.25. The van der Waals surface area contributed by atoms with Crippen molar-refractivity contribution in [2.45, 2.75) is 12.3 Å². The Morgan fingerprint density at radius 2 is 2.29 bits per heavy atom. The van der Waals surface area contributed by atoms with Gasteiger partial charge in [0.1, 0.15) is 0 Å². The first-order chi connectivity index (χ1) is 8.28. The van der Waals surface area contributed by atoms with Gasteiger partial charge in [0.2, 0.25) is 0 Å². The monoisotopic (exact) mass is 226 g/mol. The van der Waals surface area contributed by atoms with Gasteiger partial charge in [0.05, 0.1) is 25.2 Å². The number of nitrogens with zero attached hydrogens (tertiary/aromatic N) is 2. The molecular formula is C14H14N2O. The van der Waals surface area contributed by atoms with Crippen molar-refractivity contribution < 1.29 is 4.74 Å². The van der Waals surface area contributed by atoms with Crippen LogP contribution in [0.15, 0.2) is 48.8 Å². The molecule has 1 aromatic carbocycles. The molecule has 3 nitrogen and oxygen atoms in total. The summed E-state index contributed by atoms with van der Waals surface area (Å²) < 4.78 is 6.95. The van der Waals surface area contributed by atoms with E-state index in [1.54, 1.807) is 13.3 Å². The normalized spacial score (nSPS) is 18.2. The molecular weight excluding hydrogens is 212 g/mol. The lowest BCUT2D eigenvalue weighted by atomic mass is 10.1. The zero-order valence-corrected chi connectivity index (χ0v) is 9.76. The number of rotatable bonds is 3. The first-order valence-corrected chi connectivity index (χ1v) is 5.64. The second-order valence-corrected chi connectivity index (χ2v) is 4.33. The molecule has 86 valence electrons. The molecule has 3 heteroatoms. The number of allylic oxidation sites excluding steroid dienone is 1. The van der Waals surface area contributed by atoms with Gasteiger partial charge in [-0.2, -0.15) is 5.10 Å². The van der Waals surface area contributed by atoms with E-state index in [-0.39, 0.29) is 0 Å². The highest BCUT2D eigenvalue weighted by atomic mass is 16.5. The van der Waals surface area contributed by atoms with E-state index in [4.69, 9.17) is 4.74 Å². The van der Waals surface area contributed by atoms with E-state index >= 15 is 0 Å². The number of hydrogen-bond acceptors (Lipinski definition) is 2. The fourth-order valence-electron chi connectivity index (χ4n) is 1.99. The Labute approximate surface area is 100 Å². The first kappa shape index (κ1) is 10.1. The number of hydrogen-bond donors (Lipinski definition) is 0. The molecule has 0 N–H and O–H groups in total. The standard InChI is InChI=1S/C14H14N2O/c1-10-6-14(10)11-4-3-5-12(7-11)16-9-13(17-2)8-15-16/h3-5,7-9,14H,1,6H2,2H3. The van der Waals surface area contributed by atoms with Gasteiger partial charge < -0.3 is 4.74 Å². The van der Waals surface area contributed by atoms with Crippen molar-refractivity contribution in [2.24, 2.45) is 0 Å². The topological polar surface area (TPSA) is 27.1 Å². The number of benzene rings is 1. The van der Waals surface area contributed by atoms with Crippen LogP contribution in [-0.4, -0.2) is 16.9 Å². The summed E-state index contributed by atoms with van der Waals surface area (Å²) in [5.41, 5.74) is 3.70. The number of methoxy groups -OCH3 is 1. The van der Waals surface area contributed by atoms with E-state index in [9.17, 15) is 0 Å². The average Bonchev–Trinajstić information content (AvgIpc) is 2.92. The van der Waals surface area contributed by atoms with Crippen molar-refractivity contribution in [3.8, 4) is 11.4 Å². The second kappa shape index (κ2) is 3.77. The Bertz CT molecular complexity index is 571. The van der Waals surface area contributed by atoms with Crippen LogP contribution < -0.4 is 4.74 Å². The third kappa shape index (κ3) is 1.84. The van der Waals surface area contributed by atoms with Crippen molar-refractivity contribution in [2.75, 3.05) is 7.11 Å². The maximum atomic E-state index is 5.13. The van der Waals surface area contributed by atoms with Gasteiger partial charge in [0.25, 0.3) is 0 Å². The lowest BCUT2D eigenvalue weighted by Gasteiger charge is -2.03. The molecule has 1 fully saturated rings. The van der Waals surface area contributed by atoms with E-state index in [1.807, 2.05) is 16.9 Å². The van der Waals surface area contributed by atoms with Gasteiger partial charge >= 0.3 is 0 Å². The third-order valence-corrected chi connectivity index (χ3v) is 3.13. The zero-order valence-electron chi connectivity index (χ0n) is 9.76. The zero-order chi connectivity index (χ0) is 11.8. The minimum Gasteiger partial charge on any atom is -0.493 e. The fraction of sp³-hybridized carbons (Fsp3) is 0.214. The van der Waals surface area contributed by atoms with Crippen LogP contribution in [0.4, 0.5) is 0 Å². The van der Waals surface area contributed by atoms with Crippen LogP contribution in [0.25, 0.3) is 5.69 Å². The molecule has 1 saturated carbocycles. The Balaban J connectivity index is 1.94. The summed E-state index contributed by atoms with van der Waals surface area (Å²) in [5.74, 6) is 1.32. The molecule has 1 aromatic heterocycles. The van der Waals surface area contributed by atoms with Crippen LogP contribution in [0.2, 0.25) is 0 Å². The molecule has 0 amide bonds. The Morgan fingerprint density at radius 3 is 2.94 bits per heavy atom. The minimum absolute atomic E-state index is 0.549. The summed E-state index contributed by atoms with van der Waals surface area (Å²) in [6.45, 7) is 4.00. The van der Waals surface area contributed by atoms with Gasteiger partial charge in [0.15, 0.2) is 5.75 Å². The van der Waals surface area contributed by atoms with E-state index < -0.39 is 0 Å². The highest BCUT2D eigenvalue weighted by Gasteiger charge is 2.28. The summed E-state index contributed by atoms with van der Waals surface area (Å²) in [7, 11) is 1.64. The molecule has 1 atom stereocenters. The Morgan fingerprint density at radius 1 is 1.47 bits per heavy atom. The summed E-state index contributed by atoms with van der Waals surface area (Å²) in [6, 6.07) is 8.41. The van der Waals surface area contributed by atoms with Crippen LogP contribution in [0.5, 0.6) is 5.75 Å². The molecule has 3 rings (SSSR count). The highest BCUT2D eigenvalue weighted by Crippen LogP contribution is 2.45. The van der Waals surface area contributed by atoms with Crippen LogP contribution >= 0.6 is 0 Å². The molecule has 0 spiro atoms. The molecule has 1 heterocycles. The average molecular weight is 226 g/mol. The van der Waals surface area contributed by atoms with Crippen LogP contribution in [0, 0.1) is 0 Å². The van der Waals surface area contributed by atoms with Crippen molar-refractivity contribution in [3.05, 3.63) is 54.4 Å². The van der Waals surface area contributed by atoms with E-state index in [0.29, 0.717) is 5.92 Å². The van der Waals surface area contributed by atoms with Gasteiger partial charge in [-0.1, -0.05) is 24.3 Å². The molecule has 0 saturated heterocycles. The first-order valence-electron chi connectivity index (χ1n) is 5.64. The minimum atomic E-state index is 0.549. The van der Waals surface area contributed by atoms with Gasteiger partial charge in [-0.15, -0.1) is 0 Å². The molecule has 0 bridgehead atoms. The largest absolute Gasteiger partial charge is 0.493 e. The van der Waals surface area contributed by atoms with Crippen molar-refractivity contribution in [1.82, 2.24) is 9.78 Å². The molecule has 17 heavy (non-hydrogen) atoms. The number of ether oxygens (including phenoxy) is 1. The van der Waals surface area contributed by atoms with Crippen molar-refractivity contribution >= 4 is 0 Å². The molecule has 1 aliphatic carbocycles. The molecule has 0 radical (unpaired) electrons. The van der Waals surface area contributed by atoms with Gasteiger partial charge in [0, 0.05) is 5.92 Å². The molecule has 0 aliphatic heterocycles. The van der Waals surface area contributed by atoms with Gasteiger partial charge in [-0.05, 0) is 24.1 Å². The maximum Gasteiger partial charge on any atom is 0.157 e. The summed E-state index contributed by atoms with van der Waals surface area (Å²) in [6.07, 6.45) is 4.70. The van der Waals surface area contributed by atoms with Crippen LogP contribution in [-0.2, 0) is 0 Å². The lowest BCUT2D eigenvalue weighted by Crippen LogP contribution is -1.94. The highest BCUT2D eigenvalue weighted by molar-refractivity contribution is 5.45. The van der Waals surface area contributed by atoms with Gasteiger partial charge in [-0.3, -0.25) is 0 Å². The third-order valence-electron chi connectivity index (χ3n) is 3.13. The molecule has 2 aromatic rings. The maximum absolute atomic E-state index is 5.13. The van der Waals surface area contributed by atoms with E-state index in [0.717, 1.165) is 17.9 Å². The van der Waals surface area contributed by atoms with Gasteiger partial charge in [-0.25, -0.2) is 4.68 Å². The van der Waals surface area contributed by atoms with Crippen LogP contribution in [0.3, 0.4) is 0 Å². The van der Waals surface area contributed by atoms with Crippen LogP contribution in [0.1, 0.15) is 17.9 Å². The van der Waals surface area contributed by atoms with E-state index in [1.165, 1.54) is 11.1 Å². The van der Waals surface area contributed by atoms with Crippen molar-refractivity contribution in [3.63, 3.8) is 0 Å². The second-order valence-electron chi connectivity index (χ2n) is 4.33. The SMILES string of the molecule is C=C1CC1c1cccc(-n2cc(OC)cn2)c1. The summed E-state index contributed by atoms with van der Waals surface area (Å²) in [4.78, 5) is 0. The smallest absolute Gasteiger partial charge is 0.157 e. The number of aromatic nitrogens is 2. The summed E-state index contributed by atoms with van der Waals surface area (Å²) in [5, 5.41) is 4.27. The predicted octanol–water partition coefficient (Wildman–Crippen LogP) is 2.92. The van der Waals surface area contributed by atoms with E-state index in [2.05, 4.69) is 29.9 Å². The lowest BCUT2D eigenvalue weighted by molar-refractivity contribution is 0.414.